The Morgan fingerprint density at radius 1 is 1.47 bits per heavy atom. The number of halogens is 1. The highest BCUT2D eigenvalue weighted by Gasteiger charge is 2.22. The summed E-state index contributed by atoms with van der Waals surface area (Å²) >= 11 is 5.87. The minimum Gasteiger partial charge on any atom is -0.496 e. The fraction of sp³-hybridized carbons (Fsp3) is 0.385. The van der Waals surface area contributed by atoms with Gasteiger partial charge in [0.25, 0.3) is 0 Å². The number of likely N-dealkylation sites (N-methyl/N-ethyl adjacent to an activating group) is 1. The Labute approximate surface area is 116 Å². The summed E-state index contributed by atoms with van der Waals surface area (Å²) in [6.07, 6.45) is 0.125. The van der Waals surface area contributed by atoms with E-state index in [1.165, 1.54) is 13.2 Å². The van der Waals surface area contributed by atoms with Gasteiger partial charge < -0.3 is 15.2 Å². The Balaban J connectivity index is 2.96. The van der Waals surface area contributed by atoms with Crippen molar-refractivity contribution in [3.05, 3.63) is 28.8 Å². The number of carboxylic acid groups (broad SMARTS) is 1. The molecular weight excluding hydrogens is 270 g/mol. The van der Waals surface area contributed by atoms with E-state index >= 15 is 0 Å². The lowest BCUT2D eigenvalue weighted by molar-refractivity contribution is -0.137. The van der Waals surface area contributed by atoms with Crippen molar-refractivity contribution in [3.8, 4) is 5.75 Å². The van der Waals surface area contributed by atoms with Gasteiger partial charge in [-0.05, 0) is 31.7 Å². The number of hydrogen-bond acceptors (Lipinski definition) is 4. The van der Waals surface area contributed by atoms with E-state index in [9.17, 15) is 9.59 Å². The normalized spacial score (nSPS) is 11.9. The van der Waals surface area contributed by atoms with Crippen LogP contribution in [-0.2, 0) is 4.79 Å². The van der Waals surface area contributed by atoms with Crippen LogP contribution in [0, 0.1) is 0 Å². The maximum Gasteiger partial charge on any atom is 0.303 e. The maximum absolute atomic E-state index is 12.3. The molecule has 2 N–H and O–H groups in total. The van der Waals surface area contributed by atoms with Crippen LogP contribution in [0.4, 0.5) is 0 Å². The van der Waals surface area contributed by atoms with Crippen molar-refractivity contribution >= 4 is 23.4 Å². The van der Waals surface area contributed by atoms with Crippen LogP contribution in [-0.4, -0.2) is 37.1 Å². The van der Waals surface area contributed by atoms with Gasteiger partial charge in [0.1, 0.15) is 5.75 Å². The molecule has 104 valence electrons. The maximum atomic E-state index is 12.3. The molecule has 0 bridgehead atoms. The zero-order chi connectivity index (χ0) is 14.4. The molecule has 1 rings (SSSR count). The molecule has 0 saturated carbocycles. The number of benzene rings is 1. The standard InChI is InChI=1S/C13H16ClNO4/c1-15-10(4-6-12(16)17)13(18)9-7-8(14)3-5-11(9)19-2/h3,5,7,10,15H,4,6H2,1-2H3,(H,16,17). The number of carbonyl (C=O) groups excluding carboxylic acids is 1. The largest absolute Gasteiger partial charge is 0.496 e. The van der Waals surface area contributed by atoms with Crippen molar-refractivity contribution < 1.29 is 19.4 Å². The zero-order valence-corrected chi connectivity index (χ0v) is 11.5. The van der Waals surface area contributed by atoms with Crippen molar-refractivity contribution in [2.45, 2.75) is 18.9 Å². The Morgan fingerprint density at radius 3 is 2.68 bits per heavy atom. The molecule has 5 nitrogen and oxygen atoms in total. The molecule has 0 heterocycles. The predicted octanol–water partition coefficient (Wildman–Crippen LogP) is 1.98. The van der Waals surface area contributed by atoms with Crippen molar-refractivity contribution in [2.75, 3.05) is 14.2 Å². The third kappa shape index (κ3) is 4.22. The highest BCUT2D eigenvalue weighted by molar-refractivity contribution is 6.31. The van der Waals surface area contributed by atoms with E-state index < -0.39 is 12.0 Å². The first-order chi connectivity index (χ1) is 8.99. The molecule has 0 spiro atoms. The van der Waals surface area contributed by atoms with E-state index in [1.54, 1.807) is 19.2 Å². The summed E-state index contributed by atoms with van der Waals surface area (Å²) in [5.74, 6) is -0.751. The van der Waals surface area contributed by atoms with Crippen molar-refractivity contribution in [1.29, 1.82) is 0 Å². The second kappa shape index (κ2) is 7.11. The van der Waals surface area contributed by atoms with Crippen LogP contribution in [0.1, 0.15) is 23.2 Å². The molecule has 0 aromatic heterocycles. The number of methoxy groups -OCH3 is 1. The monoisotopic (exact) mass is 285 g/mol. The summed E-state index contributed by atoms with van der Waals surface area (Å²) in [5, 5.41) is 11.9. The van der Waals surface area contributed by atoms with Gasteiger partial charge in [-0.1, -0.05) is 11.6 Å². The average molecular weight is 286 g/mol. The number of Topliss-reactive ketones (excluding diaryl/α,β-unsaturated/α-hetero) is 1. The number of ether oxygens (including phenoxy) is 1. The molecule has 1 aromatic rings. The Kier molecular flexibility index (Phi) is 5.79. The van der Waals surface area contributed by atoms with Crippen LogP contribution in [0.15, 0.2) is 18.2 Å². The van der Waals surface area contributed by atoms with E-state index in [0.29, 0.717) is 16.3 Å². The van der Waals surface area contributed by atoms with Gasteiger partial charge in [0.2, 0.25) is 0 Å². The molecule has 1 atom stereocenters. The van der Waals surface area contributed by atoms with Gasteiger partial charge in [-0.2, -0.15) is 0 Å². The van der Waals surface area contributed by atoms with E-state index in [1.807, 2.05) is 0 Å². The second-order valence-electron chi connectivity index (χ2n) is 3.98. The van der Waals surface area contributed by atoms with E-state index in [2.05, 4.69) is 5.32 Å². The van der Waals surface area contributed by atoms with Crippen molar-refractivity contribution in [1.82, 2.24) is 5.32 Å². The van der Waals surface area contributed by atoms with Crippen LogP contribution >= 0.6 is 11.6 Å². The molecule has 0 aliphatic carbocycles. The molecule has 6 heteroatoms. The van der Waals surface area contributed by atoms with Gasteiger partial charge in [0, 0.05) is 11.4 Å². The third-order valence-electron chi connectivity index (χ3n) is 2.74. The highest BCUT2D eigenvalue weighted by atomic mass is 35.5. The molecule has 0 saturated heterocycles. The molecule has 0 radical (unpaired) electrons. The first kappa shape index (κ1) is 15.5. The van der Waals surface area contributed by atoms with Crippen molar-refractivity contribution in [2.24, 2.45) is 0 Å². The number of aliphatic carboxylic acids is 1. The lowest BCUT2D eigenvalue weighted by Crippen LogP contribution is -2.34. The van der Waals surface area contributed by atoms with Crippen LogP contribution < -0.4 is 10.1 Å². The number of ketones is 1. The van der Waals surface area contributed by atoms with Gasteiger partial charge in [0.15, 0.2) is 5.78 Å². The summed E-state index contributed by atoms with van der Waals surface area (Å²) in [6.45, 7) is 0. The molecule has 0 amide bonds. The van der Waals surface area contributed by atoms with E-state index in [-0.39, 0.29) is 18.6 Å². The summed E-state index contributed by atoms with van der Waals surface area (Å²) in [6, 6.07) is 4.18. The quantitative estimate of drug-likeness (QED) is 0.749. The lowest BCUT2D eigenvalue weighted by Gasteiger charge is -2.16. The second-order valence-corrected chi connectivity index (χ2v) is 4.42. The smallest absolute Gasteiger partial charge is 0.303 e. The Bertz CT molecular complexity index is 476. The summed E-state index contributed by atoms with van der Waals surface area (Å²) in [5.41, 5.74) is 0.347. The van der Waals surface area contributed by atoms with Gasteiger partial charge in [-0.3, -0.25) is 9.59 Å². The zero-order valence-electron chi connectivity index (χ0n) is 10.8. The minimum absolute atomic E-state index is 0.0832. The van der Waals surface area contributed by atoms with Crippen LogP contribution in [0.25, 0.3) is 0 Å². The Morgan fingerprint density at radius 2 is 2.16 bits per heavy atom. The summed E-state index contributed by atoms with van der Waals surface area (Å²) in [7, 11) is 3.08. The number of carbonyl (C=O) groups is 2. The number of carboxylic acids is 1. The van der Waals surface area contributed by atoms with Gasteiger partial charge in [0.05, 0.1) is 18.7 Å². The highest BCUT2D eigenvalue weighted by Crippen LogP contribution is 2.24. The molecule has 0 fully saturated rings. The predicted molar refractivity (Wildman–Crippen MR) is 72.1 cm³/mol. The molecule has 1 unspecified atom stereocenters. The minimum atomic E-state index is -0.939. The summed E-state index contributed by atoms with van der Waals surface area (Å²) < 4.78 is 5.12. The molecular formula is C13H16ClNO4. The average Bonchev–Trinajstić information content (AvgIpc) is 2.38. The topological polar surface area (TPSA) is 75.6 Å². The lowest BCUT2D eigenvalue weighted by atomic mass is 9.99. The van der Waals surface area contributed by atoms with Gasteiger partial charge in [-0.15, -0.1) is 0 Å². The van der Waals surface area contributed by atoms with E-state index in [4.69, 9.17) is 21.4 Å². The molecule has 0 aliphatic heterocycles. The van der Waals surface area contributed by atoms with Crippen LogP contribution in [0.3, 0.4) is 0 Å². The third-order valence-corrected chi connectivity index (χ3v) is 2.97. The Hall–Kier alpha value is -1.59. The molecule has 1 aromatic carbocycles. The number of rotatable bonds is 7. The van der Waals surface area contributed by atoms with Gasteiger partial charge >= 0.3 is 5.97 Å². The van der Waals surface area contributed by atoms with Gasteiger partial charge in [-0.25, -0.2) is 0 Å². The fourth-order valence-corrected chi connectivity index (χ4v) is 1.91. The molecule has 19 heavy (non-hydrogen) atoms. The number of hydrogen-bond donors (Lipinski definition) is 2. The van der Waals surface area contributed by atoms with Crippen molar-refractivity contribution in [3.63, 3.8) is 0 Å². The molecule has 0 aliphatic rings. The number of nitrogens with one attached hydrogen (secondary N) is 1. The SMILES string of the molecule is CNC(CCC(=O)O)C(=O)c1cc(Cl)ccc1OC. The van der Waals surface area contributed by atoms with Crippen LogP contribution in [0.2, 0.25) is 5.02 Å². The van der Waals surface area contributed by atoms with E-state index in [0.717, 1.165) is 0 Å². The fourth-order valence-electron chi connectivity index (χ4n) is 1.73. The van der Waals surface area contributed by atoms with Crippen LogP contribution in [0.5, 0.6) is 5.75 Å². The first-order valence-corrected chi connectivity index (χ1v) is 6.14. The first-order valence-electron chi connectivity index (χ1n) is 5.76. The summed E-state index contributed by atoms with van der Waals surface area (Å²) in [4.78, 5) is 22.9.